The molecule has 0 spiro atoms. The first-order valence-corrected chi connectivity index (χ1v) is 14.4. The van der Waals surface area contributed by atoms with Gasteiger partial charge in [-0.1, -0.05) is 11.6 Å². The van der Waals surface area contributed by atoms with Crippen LogP contribution < -0.4 is 16.0 Å². The normalized spacial score (nSPS) is 19.2. The Kier molecular flexibility index (Phi) is 8.83. The number of nitrogens with zero attached hydrogens (tertiary/aromatic N) is 3. The Hall–Kier alpha value is -4.23. The van der Waals surface area contributed by atoms with Crippen LogP contribution in [0.15, 0.2) is 34.9 Å². The Morgan fingerprint density at radius 2 is 1.77 bits per heavy atom. The molecule has 2 aliphatic rings. The highest BCUT2D eigenvalue weighted by atomic mass is 35.5. The van der Waals surface area contributed by atoms with Gasteiger partial charge in [-0.25, -0.2) is 14.8 Å². The summed E-state index contributed by atoms with van der Waals surface area (Å²) in [6.07, 6.45) is 3.14. The Balaban J connectivity index is 1.38. The van der Waals surface area contributed by atoms with Gasteiger partial charge >= 0.3 is 6.09 Å². The van der Waals surface area contributed by atoms with Crippen molar-refractivity contribution in [1.29, 1.82) is 0 Å². The lowest BCUT2D eigenvalue weighted by atomic mass is 9.84. The Morgan fingerprint density at radius 1 is 1.02 bits per heavy atom. The van der Waals surface area contributed by atoms with Crippen LogP contribution in [0.2, 0.25) is 5.02 Å². The van der Waals surface area contributed by atoms with Gasteiger partial charge in [-0.15, -0.1) is 0 Å². The Morgan fingerprint density at radius 3 is 2.44 bits per heavy atom. The zero-order valence-corrected chi connectivity index (χ0v) is 24.8. The molecule has 0 aromatic carbocycles. The summed E-state index contributed by atoms with van der Waals surface area (Å²) in [7, 11) is 0. The molecule has 4 amide bonds. The number of morpholine rings is 1. The fraction of sp³-hybridized carbons (Fsp3) is 0.448. The topological polar surface area (TPSA) is 165 Å². The number of hydrogen-bond donors (Lipinski definition) is 3. The second-order valence-corrected chi connectivity index (χ2v) is 11.9. The molecule has 1 aliphatic carbocycles. The van der Waals surface area contributed by atoms with E-state index in [-0.39, 0.29) is 64.6 Å². The van der Waals surface area contributed by atoms with Gasteiger partial charge in [-0.05, 0) is 70.7 Å². The van der Waals surface area contributed by atoms with Crippen LogP contribution in [0, 0.1) is 5.92 Å². The largest absolute Gasteiger partial charge is 0.447 e. The number of carbonyl (C=O) groups excluding carboxylic acids is 4. The quantitative estimate of drug-likeness (QED) is 0.353. The van der Waals surface area contributed by atoms with Crippen molar-refractivity contribution in [2.75, 3.05) is 35.7 Å². The number of nitrogens with one attached hydrogen (secondary N) is 3. The molecule has 3 aromatic rings. The molecule has 1 saturated carbocycles. The number of fused-ring (bicyclic) bond motifs is 1. The number of furan rings is 1. The highest BCUT2D eigenvalue weighted by Crippen LogP contribution is 2.34. The number of pyridine rings is 2. The summed E-state index contributed by atoms with van der Waals surface area (Å²) in [4.78, 5) is 61.9. The van der Waals surface area contributed by atoms with Crippen molar-refractivity contribution in [1.82, 2.24) is 14.9 Å². The first-order chi connectivity index (χ1) is 20.5. The van der Waals surface area contributed by atoms with Gasteiger partial charge in [0, 0.05) is 24.7 Å². The maximum atomic E-state index is 13.5. The van der Waals surface area contributed by atoms with Crippen molar-refractivity contribution in [3.8, 4) is 0 Å². The zero-order valence-electron chi connectivity index (χ0n) is 24.1. The first kappa shape index (κ1) is 30.2. The molecular weight excluding hydrogens is 580 g/mol. The lowest BCUT2D eigenvalue weighted by molar-refractivity contribution is -0.146. The highest BCUT2D eigenvalue weighted by molar-refractivity contribution is 6.30. The maximum absolute atomic E-state index is 13.5. The molecule has 3 N–H and O–H groups in total. The molecule has 0 bridgehead atoms. The highest BCUT2D eigenvalue weighted by Gasteiger charge is 2.34. The summed E-state index contributed by atoms with van der Waals surface area (Å²) < 4.78 is 16.4. The second-order valence-electron chi connectivity index (χ2n) is 11.4. The van der Waals surface area contributed by atoms with Crippen molar-refractivity contribution in [2.24, 2.45) is 5.92 Å². The van der Waals surface area contributed by atoms with E-state index in [9.17, 15) is 19.2 Å². The van der Waals surface area contributed by atoms with Gasteiger partial charge in [0.1, 0.15) is 35.0 Å². The fourth-order valence-electron chi connectivity index (χ4n) is 5.14. The van der Waals surface area contributed by atoms with Crippen molar-refractivity contribution >= 4 is 63.8 Å². The average Bonchev–Trinajstić information content (AvgIpc) is 3.31. The van der Waals surface area contributed by atoms with E-state index in [2.05, 4.69) is 25.9 Å². The van der Waals surface area contributed by atoms with Crippen molar-refractivity contribution in [3.63, 3.8) is 0 Å². The number of aromatic nitrogens is 2. The lowest BCUT2D eigenvalue weighted by Crippen LogP contribution is -2.49. The van der Waals surface area contributed by atoms with E-state index in [0.717, 1.165) is 0 Å². The third-order valence-corrected chi connectivity index (χ3v) is 7.34. The number of rotatable bonds is 6. The van der Waals surface area contributed by atoms with Crippen molar-refractivity contribution < 1.29 is 33.1 Å². The molecule has 1 aliphatic heterocycles. The van der Waals surface area contributed by atoms with E-state index in [1.807, 2.05) is 4.90 Å². The molecule has 228 valence electrons. The van der Waals surface area contributed by atoms with Crippen molar-refractivity contribution in [2.45, 2.75) is 58.1 Å². The van der Waals surface area contributed by atoms with Crippen LogP contribution >= 0.6 is 11.6 Å². The number of amides is 4. The molecule has 0 radical (unpaired) electrons. The SMILES string of the molecule is CC(C)(C)OC(=O)Nc1ccc2oc(C(=O)Nc3ccc(Cl)cn3)c(NC(=O)C3CCC(N4CCOCC4=O)CC3)c2n1. The van der Waals surface area contributed by atoms with E-state index < -0.39 is 17.6 Å². The summed E-state index contributed by atoms with van der Waals surface area (Å²) in [6, 6.07) is 6.19. The minimum atomic E-state index is -0.724. The number of ether oxygens (including phenoxy) is 2. The van der Waals surface area contributed by atoms with Gasteiger partial charge in [0.05, 0.1) is 11.6 Å². The summed E-state index contributed by atoms with van der Waals surface area (Å²) in [5.41, 5.74) is -0.278. The van der Waals surface area contributed by atoms with Crippen LogP contribution in [0.4, 0.5) is 22.1 Å². The molecule has 43 heavy (non-hydrogen) atoms. The lowest BCUT2D eigenvalue weighted by Gasteiger charge is -2.38. The molecule has 1 saturated heterocycles. The van der Waals surface area contributed by atoms with E-state index in [4.69, 9.17) is 25.5 Å². The standard InChI is InChI=1S/C29H33ClN6O7/c1-29(2,3)43-28(40)34-21-11-9-19-23(32-21)24(25(42-19)27(39)33-20-10-6-17(30)14-31-20)35-26(38)16-4-7-18(8-5-16)36-12-13-41-15-22(36)37/h6,9-11,14,16,18H,4-5,7-8,12-13,15H2,1-3H3,(H,35,38)(H,31,33,39)(H,32,34,40). The number of hydrogen-bond acceptors (Lipinski definition) is 9. The van der Waals surface area contributed by atoms with Gasteiger partial charge in [-0.3, -0.25) is 19.7 Å². The Bertz CT molecular complexity index is 1530. The van der Waals surface area contributed by atoms with Gasteiger partial charge in [-0.2, -0.15) is 0 Å². The minimum absolute atomic E-state index is 0.0308. The molecule has 3 aromatic heterocycles. The van der Waals surface area contributed by atoms with Gasteiger partial charge in [0.2, 0.25) is 17.6 Å². The number of anilines is 3. The van der Waals surface area contributed by atoms with Gasteiger partial charge < -0.3 is 29.4 Å². The molecule has 2 fully saturated rings. The Labute approximate surface area is 252 Å². The summed E-state index contributed by atoms with van der Waals surface area (Å²) in [5, 5.41) is 8.47. The minimum Gasteiger partial charge on any atom is -0.447 e. The van der Waals surface area contributed by atoms with E-state index in [0.29, 0.717) is 43.9 Å². The average molecular weight is 613 g/mol. The molecule has 14 heteroatoms. The monoisotopic (exact) mass is 612 g/mol. The van der Waals surface area contributed by atoms with Crippen LogP contribution in [0.25, 0.3) is 11.1 Å². The van der Waals surface area contributed by atoms with Crippen LogP contribution in [0.1, 0.15) is 57.0 Å². The summed E-state index contributed by atoms with van der Waals surface area (Å²) in [6.45, 7) is 6.35. The fourth-order valence-corrected chi connectivity index (χ4v) is 5.26. The van der Waals surface area contributed by atoms with Gasteiger partial charge in [0.15, 0.2) is 5.58 Å². The third-order valence-electron chi connectivity index (χ3n) is 7.12. The van der Waals surface area contributed by atoms with Crippen molar-refractivity contribution in [3.05, 3.63) is 41.2 Å². The maximum Gasteiger partial charge on any atom is 0.413 e. The molecular formula is C29H33ClN6O7. The van der Waals surface area contributed by atoms with Crippen LogP contribution in [0.5, 0.6) is 0 Å². The molecule has 13 nitrogen and oxygen atoms in total. The third kappa shape index (κ3) is 7.41. The van der Waals surface area contributed by atoms with E-state index in [1.54, 1.807) is 26.8 Å². The van der Waals surface area contributed by atoms with E-state index in [1.165, 1.54) is 24.4 Å². The number of carbonyl (C=O) groups is 4. The summed E-state index contributed by atoms with van der Waals surface area (Å²) >= 11 is 5.91. The first-order valence-electron chi connectivity index (χ1n) is 14.0. The molecule has 0 atom stereocenters. The molecule has 5 rings (SSSR count). The van der Waals surface area contributed by atoms with Crippen LogP contribution in [-0.4, -0.2) is 70.1 Å². The smallest absolute Gasteiger partial charge is 0.413 e. The van der Waals surface area contributed by atoms with Gasteiger partial charge in [0.25, 0.3) is 5.91 Å². The zero-order chi connectivity index (χ0) is 30.7. The molecule has 4 heterocycles. The van der Waals surface area contributed by atoms with E-state index >= 15 is 0 Å². The summed E-state index contributed by atoms with van der Waals surface area (Å²) in [5.74, 6) is -1.18. The predicted molar refractivity (Wildman–Crippen MR) is 158 cm³/mol. The van der Waals surface area contributed by atoms with Crippen LogP contribution in [-0.2, 0) is 19.1 Å². The second kappa shape index (κ2) is 12.6. The molecule has 0 unspecified atom stereocenters. The predicted octanol–water partition coefficient (Wildman–Crippen LogP) is 4.83. The van der Waals surface area contributed by atoms with Crippen LogP contribution in [0.3, 0.4) is 0 Å². The number of halogens is 1.